The molecule has 2 aromatic rings. The van der Waals surface area contributed by atoms with Gasteiger partial charge in [-0.25, -0.2) is 0 Å². The number of hydrogen-bond donors (Lipinski definition) is 0. The van der Waals surface area contributed by atoms with Gasteiger partial charge in [-0.2, -0.15) is 0 Å². The molecule has 2 amide bonds. The van der Waals surface area contributed by atoms with Gasteiger partial charge in [0.15, 0.2) is 0 Å². The molecule has 5 nitrogen and oxygen atoms in total. The Morgan fingerprint density at radius 2 is 2.04 bits per heavy atom. The number of carbonyl (C=O) groups is 2. The van der Waals surface area contributed by atoms with Crippen LogP contribution in [0.25, 0.3) is 6.08 Å². The third-order valence-corrected chi connectivity index (χ3v) is 5.63. The third-order valence-electron chi connectivity index (χ3n) is 4.79. The van der Waals surface area contributed by atoms with E-state index in [9.17, 15) is 9.59 Å². The molecule has 2 aliphatic rings. The second-order valence-electron chi connectivity index (χ2n) is 6.53. The summed E-state index contributed by atoms with van der Waals surface area (Å²) in [6, 6.07) is 5.65. The number of rotatable bonds is 3. The lowest BCUT2D eigenvalue weighted by molar-refractivity contribution is -0.136. The minimum Gasteiger partial charge on any atom is -0.472 e. The largest absolute Gasteiger partial charge is 0.472 e. The van der Waals surface area contributed by atoms with E-state index in [1.807, 2.05) is 33.4 Å². The van der Waals surface area contributed by atoms with E-state index in [1.54, 1.807) is 23.5 Å². The summed E-state index contributed by atoms with van der Waals surface area (Å²) in [5.41, 5.74) is 0.671. The molecule has 0 saturated carbocycles. The Hall–Kier alpha value is -2.34. The fraction of sp³-hybridized carbons (Fsp3) is 0.333. The van der Waals surface area contributed by atoms with Crippen molar-refractivity contribution in [3.8, 4) is 0 Å². The molecular formula is C18H18N2O3S. The van der Waals surface area contributed by atoms with Crippen molar-refractivity contribution in [2.24, 2.45) is 5.41 Å². The van der Waals surface area contributed by atoms with Gasteiger partial charge in [0.25, 0.3) is 5.91 Å². The maximum absolute atomic E-state index is 12.4. The summed E-state index contributed by atoms with van der Waals surface area (Å²) in [5.74, 6) is 0.0663. The van der Waals surface area contributed by atoms with Crippen LogP contribution in [0.3, 0.4) is 0 Å². The van der Waals surface area contributed by atoms with Gasteiger partial charge >= 0.3 is 0 Å². The molecular weight excluding hydrogens is 324 g/mol. The molecule has 0 aromatic carbocycles. The Labute approximate surface area is 144 Å². The first-order valence-electron chi connectivity index (χ1n) is 7.97. The van der Waals surface area contributed by atoms with Gasteiger partial charge in [0.2, 0.25) is 5.91 Å². The van der Waals surface area contributed by atoms with Gasteiger partial charge in [-0.3, -0.25) is 9.59 Å². The van der Waals surface area contributed by atoms with E-state index in [2.05, 4.69) is 0 Å². The van der Waals surface area contributed by atoms with Crippen molar-refractivity contribution >= 4 is 29.2 Å². The summed E-state index contributed by atoms with van der Waals surface area (Å²) in [6.07, 6.45) is 7.46. The summed E-state index contributed by atoms with van der Waals surface area (Å²) in [5, 5.41) is 1.99. The molecule has 124 valence electrons. The van der Waals surface area contributed by atoms with E-state index in [4.69, 9.17) is 4.42 Å². The molecule has 0 unspecified atom stereocenters. The highest BCUT2D eigenvalue weighted by molar-refractivity contribution is 7.10. The van der Waals surface area contributed by atoms with E-state index in [-0.39, 0.29) is 17.2 Å². The number of amides is 2. The van der Waals surface area contributed by atoms with Crippen LogP contribution in [0.4, 0.5) is 0 Å². The Balaban J connectivity index is 1.32. The number of furan rings is 1. The second kappa shape index (κ2) is 5.94. The van der Waals surface area contributed by atoms with Crippen LogP contribution in [-0.4, -0.2) is 47.8 Å². The molecule has 1 spiro atoms. The number of thiophene rings is 1. The fourth-order valence-corrected chi connectivity index (χ4v) is 4.12. The lowest BCUT2D eigenvalue weighted by atomic mass is 9.79. The average Bonchev–Trinajstić information content (AvgIpc) is 3.31. The fourth-order valence-electron chi connectivity index (χ4n) is 3.50. The molecule has 0 bridgehead atoms. The first-order chi connectivity index (χ1) is 11.7. The van der Waals surface area contributed by atoms with Crippen LogP contribution < -0.4 is 0 Å². The van der Waals surface area contributed by atoms with Gasteiger partial charge in [0, 0.05) is 42.5 Å². The maximum Gasteiger partial charge on any atom is 0.257 e. The van der Waals surface area contributed by atoms with Gasteiger partial charge in [0.1, 0.15) is 6.26 Å². The van der Waals surface area contributed by atoms with Crippen LogP contribution >= 0.6 is 11.3 Å². The summed E-state index contributed by atoms with van der Waals surface area (Å²) in [4.78, 5) is 29.4. The summed E-state index contributed by atoms with van der Waals surface area (Å²) in [7, 11) is 0. The Kier molecular flexibility index (Phi) is 3.76. The quantitative estimate of drug-likeness (QED) is 0.806. The SMILES string of the molecule is O=C(/C=C/c1cccs1)N1CC2(CCN(C(=O)c3ccoc3)C2)C1. The van der Waals surface area contributed by atoms with Gasteiger partial charge in [-0.1, -0.05) is 6.07 Å². The summed E-state index contributed by atoms with van der Waals surface area (Å²) in [6.45, 7) is 2.93. The molecule has 2 fully saturated rings. The van der Waals surface area contributed by atoms with Gasteiger partial charge in [-0.15, -0.1) is 11.3 Å². The molecule has 4 heterocycles. The molecule has 24 heavy (non-hydrogen) atoms. The van der Waals surface area contributed by atoms with Gasteiger partial charge < -0.3 is 14.2 Å². The van der Waals surface area contributed by atoms with Crippen LogP contribution in [-0.2, 0) is 4.79 Å². The number of likely N-dealkylation sites (tertiary alicyclic amines) is 2. The predicted molar refractivity (Wildman–Crippen MR) is 91.6 cm³/mol. The van der Waals surface area contributed by atoms with Crippen molar-refractivity contribution in [1.82, 2.24) is 9.80 Å². The molecule has 2 aromatic heterocycles. The minimum atomic E-state index is 0.0167. The molecule has 6 heteroatoms. The predicted octanol–water partition coefficient (Wildman–Crippen LogP) is 2.73. The van der Waals surface area contributed by atoms with Crippen molar-refractivity contribution in [1.29, 1.82) is 0 Å². The lowest BCUT2D eigenvalue weighted by Gasteiger charge is -2.47. The Bertz CT molecular complexity index is 758. The van der Waals surface area contributed by atoms with Gasteiger partial charge in [0.05, 0.1) is 11.8 Å². The molecule has 0 N–H and O–H groups in total. The maximum atomic E-state index is 12.4. The Morgan fingerprint density at radius 1 is 1.21 bits per heavy atom. The summed E-state index contributed by atoms with van der Waals surface area (Å²) < 4.78 is 4.99. The highest BCUT2D eigenvalue weighted by Crippen LogP contribution is 2.40. The van der Waals surface area contributed by atoms with E-state index < -0.39 is 0 Å². The second-order valence-corrected chi connectivity index (χ2v) is 7.51. The van der Waals surface area contributed by atoms with Crippen molar-refractivity contribution in [3.05, 3.63) is 52.6 Å². The first-order valence-corrected chi connectivity index (χ1v) is 8.85. The topological polar surface area (TPSA) is 53.8 Å². The van der Waals surface area contributed by atoms with Crippen molar-refractivity contribution in [2.45, 2.75) is 6.42 Å². The molecule has 0 radical (unpaired) electrons. The van der Waals surface area contributed by atoms with E-state index >= 15 is 0 Å². The Morgan fingerprint density at radius 3 is 2.75 bits per heavy atom. The number of nitrogens with zero attached hydrogens (tertiary/aromatic N) is 2. The average molecular weight is 342 g/mol. The van der Waals surface area contributed by atoms with Crippen molar-refractivity contribution in [3.63, 3.8) is 0 Å². The molecule has 2 aliphatic heterocycles. The summed E-state index contributed by atoms with van der Waals surface area (Å²) >= 11 is 1.61. The highest BCUT2D eigenvalue weighted by Gasteiger charge is 2.49. The van der Waals surface area contributed by atoms with E-state index in [0.717, 1.165) is 37.5 Å². The van der Waals surface area contributed by atoms with Crippen LogP contribution in [0.1, 0.15) is 21.7 Å². The van der Waals surface area contributed by atoms with Crippen LogP contribution in [0.15, 0.2) is 46.6 Å². The van der Waals surface area contributed by atoms with E-state index in [0.29, 0.717) is 5.56 Å². The highest BCUT2D eigenvalue weighted by atomic mass is 32.1. The normalized spacial score (nSPS) is 19.2. The van der Waals surface area contributed by atoms with Crippen LogP contribution in [0.5, 0.6) is 0 Å². The zero-order valence-electron chi connectivity index (χ0n) is 13.2. The monoisotopic (exact) mass is 342 g/mol. The minimum absolute atomic E-state index is 0.0167. The van der Waals surface area contributed by atoms with E-state index in [1.165, 1.54) is 12.5 Å². The number of carbonyl (C=O) groups excluding carboxylic acids is 2. The van der Waals surface area contributed by atoms with Crippen molar-refractivity contribution in [2.75, 3.05) is 26.2 Å². The molecule has 0 atom stereocenters. The van der Waals surface area contributed by atoms with Crippen molar-refractivity contribution < 1.29 is 14.0 Å². The molecule has 0 aliphatic carbocycles. The third kappa shape index (κ3) is 2.78. The smallest absolute Gasteiger partial charge is 0.257 e. The van der Waals surface area contributed by atoms with Crippen LogP contribution in [0.2, 0.25) is 0 Å². The molecule has 2 saturated heterocycles. The first kappa shape index (κ1) is 15.2. The molecule has 4 rings (SSSR count). The van der Waals surface area contributed by atoms with Gasteiger partial charge in [-0.05, 0) is 30.0 Å². The zero-order valence-corrected chi connectivity index (χ0v) is 14.0. The lowest BCUT2D eigenvalue weighted by Crippen LogP contribution is -2.59. The number of hydrogen-bond acceptors (Lipinski definition) is 4. The zero-order chi connectivity index (χ0) is 16.6. The standard InChI is InChI=1S/C18H18N2O3S/c21-16(4-3-15-2-1-9-24-15)20-12-18(13-20)6-7-19(11-18)17(22)14-5-8-23-10-14/h1-5,8-10H,6-7,11-13H2/b4-3+. The van der Waals surface area contributed by atoms with Crippen LogP contribution in [0, 0.1) is 5.41 Å².